The SMILES string of the molecule is CC(C(=O)O)S(=O)CC(=O)c1cc2ccccc2o1. The lowest BCUT2D eigenvalue weighted by atomic mass is 10.2. The summed E-state index contributed by atoms with van der Waals surface area (Å²) in [6, 6.07) is 8.69. The van der Waals surface area contributed by atoms with Gasteiger partial charge >= 0.3 is 5.97 Å². The first-order chi connectivity index (χ1) is 8.99. The van der Waals surface area contributed by atoms with Gasteiger partial charge in [0.05, 0.1) is 5.75 Å². The molecule has 0 aliphatic rings. The molecule has 2 unspecified atom stereocenters. The number of rotatable bonds is 5. The maximum atomic E-state index is 11.9. The molecule has 0 saturated heterocycles. The van der Waals surface area contributed by atoms with E-state index >= 15 is 0 Å². The van der Waals surface area contributed by atoms with E-state index in [1.165, 1.54) is 6.92 Å². The van der Waals surface area contributed by atoms with Gasteiger partial charge < -0.3 is 9.52 Å². The van der Waals surface area contributed by atoms with E-state index in [1.807, 2.05) is 6.07 Å². The Bertz CT molecular complexity index is 625. The lowest BCUT2D eigenvalue weighted by molar-refractivity contribution is -0.136. The number of para-hydroxylation sites is 1. The summed E-state index contributed by atoms with van der Waals surface area (Å²) >= 11 is 0. The lowest BCUT2D eigenvalue weighted by Gasteiger charge is -2.04. The number of hydrogen-bond acceptors (Lipinski definition) is 4. The Kier molecular flexibility index (Phi) is 3.80. The number of aliphatic carboxylic acids is 1. The number of Topliss-reactive ketones (excluding diaryl/α,β-unsaturated/α-hetero) is 1. The van der Waals surface area contributed by atoms with Gasteiger partial charge in [-0.3, -0.25) is 13.8 Å². The Balaban J connectivity index is 2.16. The number of carbonyl (C=O) groups is 2. The third-order valence-electron chi connectivity index (χ3n) is 2.72. The van der Waals surface area contributed by atoms with E-state index in [0.29, 0.717) is 5.58 Å². The predicted molar refractivity (Wildman–Crippen MR) is 70.7 cm³/mol. The minimum atomic E-state index is -1.76. The summed E-state index contributed by atoms with van der Waals surface area (Å²) in [6.45, 7) is 1.31. The standard InChI is InChI=1S/C13H12O5S/c1-8(13(15)16)19(17)7-10(14)12-6-9-4-2-3-5-11(9)18-12/h2-6,8H,7H2,1H3,(H,15,16). The maximum Gasteiger partial charge on any atom is 0.318 e. The van der Waals surface area contributed by atoms with Gasteiger partial charge in [0.15, 0.2) is 5.76 Å². The van der Waals surface area contributed by atoms with Crippen molar-refractivity contribution in [3.05, 3.63) is 36.1 Å². The Morgan fingerprint density at radius 3 is 2.68 bits per heavy atom. The highest BCUT2D eigenvalue weighted by Crippen LogP contribution is 2.19. The number of carboxylic acids is 1. The van der Waals surface area contributed by atoms with Gasteiger partial charge in [0.1, 0.15) is 10.8 Å². The molecular weight excluding hydrogens is 268 g/mol. The van der Waals surface area contributed by atoms with Crippen molar-refractivity contribution in [2.75, 3.05) is 5.75 Å². The molecule has 1 heterocycles. The number of carboxylic acid groups (broad SMARTS) is 1. The molecule has 2 aromatic rings. The molecule has 0 saturated carbocycles. The Morgan fingerprint density at radius 1 is 1.37 bits per heavy atom. The molecule has 2 rings (SSSR count). The van der Waals surface area contributed by atoms with Crippen molar-refractivity contribution in [2.45, 2.75) is 12.2 Å². The molecule has 0 fully saturated rings. The number of carbonyl (C=O) groups excluding carboxylic acids is 1. The number of ketones is 1. The average Bonchev–Trinajstić information content (AvgIpc) is 2.81. The molecule has 5 nitrogen and oxygen atoms in total. The van der Waals surface area contributed by atoms with Gasteiger partial charge in [0, 0.05) is 16.2 Å². The summed E-state index contributed by atoms with van der Waals surface area (Å²) in [5, 5.41) is 8.43. The maximum absolute atomic E-state index is 11.9. The van der Waals surface area contributed by atoms with Crippen LogP contribution in [0.5, 0.6) is 0 Å². The molecule has 0 spiro atoms. The average molecular weight is 280 g/mol. The van der Waals surface area contributed by atoms with Crippen LogP contribution in [0.25, 0.3) is 11.0 Å². The van der Waals surface area contributed by atoms with Gasteiger partial charge in [-0.1, -0.05) is 18.2 Å². The molecule has 0 radical (unpaired) electrons. The highest BCUT2D eigenvalue weighted by molar-refractivity contribution is 7.87. The van der Waals surface area contributed by atoms with Crippen molar-refractivity contribution in [1.82, 2.24) is 0 Å². The van der Waals surface area contributed by atoms with Crippen LogP contribution in [0.4, 0.5) is 0 Å². The second kappa shape index (κ2) is 5.36. The van der Waals surface area contributed by atoms with Crippen LogP contribution in [-0.2, 0) is 15.6 Å². The molecule has 19 heavy (non-hydrogen) atoms. The molecule has 1 aromatic heterocycles. The number of fused-ring (bicyclic) bond motifs is 1. The summed E-state index contributed by atoms with van der Waals surface area (Å²) in [7, 11) is -1.76. The topological polar surface area (TPSA) is 84.6 Å². The summed E-state index contributed by atoms with van der Waals surface area (Å²) in [4.78, 5) is 22.5. The quantitative estimate of drug-likeness (QED) is 0.845. The second-order valence-electron chi connectivity index (χ2n) is 4.08. The first kappa shape index (κ1) is 13.5. The van der Waals surface area contributed by atoms with Gasteiger partial charge in [0.25, 0.3) is 0 Å². The monoisotopic (exact) mass is 280 g/mol. The summed E-state index contributed by atoms with van der Waals surface area (Å²) < 4.78 is 17.0. The first-order valence-corrected chi connectivity index (χ1v) is 6.99. The normalized spacial score (nSPS) is 14.2. The second-order valence-corrected chi connectivity index (χ2v) is 5.83. The van der Waals surface area contributed by atoms with Crippen molar-refractivity contribution in [3.8, 4) is 0 Å². The Hall–Kier alpha value is -1.95. The van der Waals surface area contributed by atoms with Crippen LogP contribution in [0.15, 0.2) is 34.7 Å². The number of furan rings is 1. The zero-order chi connectivity index (χ0) is 14.0. The van der Waals surface area contributed by atoms with E-state index in [4.69, 9.17) is 9.52 Å². The van der Waals surface area contributed by atoms with Crippen LogP contribution < -0.4 is 0 Å². The highest BCUT2D eigenvalue weighted by atomic mass is 32.2. The zero-order valence-corrected chi connectivity index (χ0v) is 11.0. The summed E-state index contributed by atoms with van der Waals surface area (Å²) in [6.07, 6.45) is 0. The van der Waals surface area contributed by atoms with Crippen molar-refractivity contribution >= 4 is 33.5 Å². The molecule has 0 bridgehead atoms. The van der Waals surface area contributed by atoms with Crippen molar-refractivity contribution < 1.29 is 23.3 Å². The number of hydrogen-bond donors (Lipinski definition) is 1. The first-order valence-electron chi connectivity index (χ1n) is 5.61. The fourth-order valence-corrected chi connectivity index (χ4v) is 2.43. The number of benzene rings is 1. The van der Waals surface area contributed by atoms with Crippen LogP contribution >= 0.6 is 0 Å². The van der Waals surface area contributed by atoms with E-state index in [2.05, 4.69) is 0 Å². The molecule has 0 aliphatic heterocycles. The van der Waals surface area contributed by atoms with Crippen LogP contribution in [0.1, 0.15) is 17.5 Å². The summed E-state index contributed by atoms with van der Waals surface area (Å²) in [5.41, 5.74) is 0.572. The molecular formula is C13H12O5S. The van der Waals surface area contributed by atoms with Gasteiger partial charge in [-0.05, 0) is 19.1 Å². The van der Waals surface area contributed by atoms with Crippen molar-refractivity contribution in [1.29, 1.82) is 0 Å². The van der Waals surface area contributed by atoms with E-state index in [1.54, 1.807) is 24.3 Å². The Labute approximate surface area is 111 Å². The molecule has 1 N–H and O–H groups in total. The highest BCUT2D eigenvalue weighted by Gasteiger charge is 2.23. The fourth-order valence-electron chi connectivity index (χ4n) is 1.56. The minimum absolute atomic E-state index is 0.104. The van der Waals surface area contributed by atoms with Crippen LogP contribution in [0.2, 0.25) is 0 Å². The van der Waals surface area contributed by atoms with Crippen molar-refractivity contribution in [2.24, 2.45) is 0 Å². The smallest absolute Gasteiger partial charge is 0.318 e. The Morgan fingerprint density at radius 2 is 2.05 bits per heavy atom. The molecule has 100 valence electrons. The van der Waals surface area contributed by atoms with E-state index in [-0.39, 0.29) is 11.5 Å². The minimum Gasteiger partial charge on any atom is -0.480 e. The molecule has 6 heteroatoms. The van der Waals surface area contributed by atoms with Crippen LogP contribution in [-0.4, -0.2) is 32.1 Å². The molecule has 1 aromatic carbocycles. The third-order valence-corrected chi connectivity index (χ3v) is 4.25. The molecule has 0 aliphatic carbocycles. The van der Waals surface area contributed by atoms with E-state index in [9.17, 15) is 13.8 Å². The van der Waals surface area contributed by atoms with Gasteiger partial charge in [-0.2, -0.15) is 0 Å². The largest absolute Gasteiger partial charge is 0.480 e. The van der Waals surface area contributed by atoms with Crippen LogP contribution in [0, 0.1) is 0 Å². The van der Waals surface area contributed by atoms with Gasteiger partial charge in [0.2, 0.25) is 5.78 Å². The molecule has 2 atom stereocenters. The van der Waals surface area contributed by atoms with E-state index < -0.39 is 27.8 Å². The van der Waals surface area contributed by atoms with Crippen molar-refractivity contribution in [3.63, 3.8) is 0 Å². The zero-order valence-electron chi connectivity index (χ0n) is 10.2. The molecule has 0 amide bonds. The summed E-state index contributed by atoms with van der Waals surface area (Å²) in [5.74, 6) is -1.89. The lowest BCUT2D eigenvalue weighted by Crippen LogP contribution is -2.26. The van der Waals surface area contributed by atoms with E-state index in [0.717, 1.165) is 5.39 Å². The van der Waals surface area contributed by atoms with Gasteiger partial charge in [-0.25, -0.2) is 0 Å². The van der Waals surface area contributed by atoms with Gasteiger partial charge in [-0.15, -0.1) is 0 Å². The van der Waals surface area contributed by atoms with Crippen LogP contribution in [0.3, 0.4) is 0 Å². The predicted octanol–water partition coefficient (Wildman–Crippen LogP) is 1.84. The fraction of sp³-hybridized carbons (Fsp3) is 0.231. The third kappa shape index (κ3) is 2.90.